The fourth-order valence-corrected chi connectivity index (χ4v) is 2.80. The number of aryl methyl sites for hydroxylation is 1. The van der Waals surface area contributed by atoms with Gasteiger partial charge in [-0.15, -0.1) is 13.2 Å². The lowest BCUT2D eigenvalue weighted by atomic mass is 10.1. The fourth-order valence-electron chi connectivity index (χ4n) is 2.80. The van der Waals surface area contributed by atoms with Crippen molar-refractivity contribution in [3.05, 3.63) is 41.5 Å². The van der Waals surface area contributed by atoms with Gasteiger partial charge >= 0.3 is 6.36 Å². The van der Waals surface area contributed by atoms with Crippen LogP contribution in [0.2, 0.25) is 0 Å². The number of amides is 1. The highest BCUT2D eigenvalue weighted by molar-refractivity contribution is 5.97. The number of aromatic nitrogens is 3. The van der Waals surface area contributed by atoms with E-state index in [2.05, 4.69) is 19.9 Å². The van der Waals surface area contributed by atoms with Crippen LogP contribution >= 0.6 is 0 Å². The number of carbonyl (C=O) groups excluding carboxylic acids is 1. The van der Waals surface area contributed by atoms with Crippen LogP contribution in [0.25, 0.3) is 0 Å². The van der Waals surface area contributed by atoms with Crippen molar-refractivity contribution in [2.75, 3.05) is 6.54 Å². The molecule has 1 amide bonds. The molecule has 1 N–H and O–H groups in total. The van der Waals surface area contributed by atoms with Crippen LogP contribution in [-0.4, -0.2) is 38.9 Å². The predicted octanol–water partition coefficient (Wildman–Crippen LogP) is 2.99. The van der Waals surface area contributed by atoms with E-state index in [0.717, 1.165) is 12.5 Å². The van der Waals surface area contributed by atoms with Crippen molar-refractivity contribution >= 4 is 5.91 Å². The third-order valence-electron chi connectivity index (χ3n) is 3.77. The topological polar surface area (TPSA) is 71.1 Å². The number of para-hydroxylation sites is 1. The van der Waals surface area contributed by atoms with Gasteiger partial charge < -0.3 is 9.64 Å². The molecule has 1 fully saturated rings. The van der Waals surface area contributed by atoms with Crippen molar-refractivity contribution in [3.63, 3.8) is 0 Å². The third-order valence-corrected chi connectivity index (χ3v) is 3.77. The summed E-state index contributed by atoms with van der Waals surface area (Å²) in [6.45, 7) is 2.17. The van der Waals surface area contributed by atoms with Gasteiger partial charge in [-0.05, 0) is 31.9 Å². The highest BCUT2D eigenvalue weighted by atomic mass is 19.4. The lowest BCUT2D eigenvalue weighted by Crippen LogP contribution is -2.32. The summed E-state index contributed by atoms with van der Waals surface area (Å²) >= 11 is 0. The van der Waals surface area contributed by atoms with E-state index in [1.165, 1.54) is 23.1 Å². The molecular weight excluding hydrogens is 325 g/mol. The van der Waals surface area contributed by atoms with Gasteiger partial charge in [-0.2, -0.15) is 5.10 Å². The van der Waals surface area contributed by atoms with Gasteiger partial charge in [0.05, 0.1) is 11.6 Å². The quantitative estimate of drug-likeness (QED) is 0.932. The van der Waals surface area contributed by atoms with Gasteiger partial charge in [0.1, 0.15) is 11.6 Å². The average molecular weight is 340 g/mol. The van der Waals surface area contributed by atoms with Gasteiger partial charge in [0.15, 0.2) is 5.82 Å². The highest BCUT2D eigenvalue weighted by Crippen LogP contribution is 2.34. The summed E-state index contributed by atoms with van der Waals surface area (Å²) in [5.41, 5.74) is -0.131. The molecule has 0 bridgehead atoms. The van der Waals surface area contributed by atoms with E-state index < -0.39 is 18.0 Å². The van der Waals surface area contributed by atoms with Crippen molar-refractivity contribution < 1.29 is 22.7 Å². The van der Waals surface area contributed by atoms with Crippen LogP contribution in [0.3, 0.4) is 0 Å². The second-order valence-electron chi connectivity index (χ2n) is 5.48. The molecule has 1 aromatic carbocycles. The molecule has 2 heterocycles. The number of hydrogen-bond acceptors (Lipinski definition) is 4. The molecule has 2 aromatic rings. The van der Waals surface area contributed by atoms with Crippen LogP contribution in [0.5, 0.6) is 5.75 Å². The summed E-state index contributed by atoms with van der Waals surface area (Å²) in [5, 5.41) is 6.78. The monoisotopic (exact) mass is 340 g/mol. The number of carbonyl (C=O) groups is 1. The molecule has 0 aliphatic carbocycles. The number of rotatable bonds is 3. The number of H-pyrrole nitrogens is 1. The number of ether oxygens (including phenoxy) is 1. The first-order valence-corrected chi connectivity index (χ1v) is 7.40. The van der Waals surface area contributed by atoms with Crippen LogP contribution in [0.1, 0.15) is 40.9 Å². The number of alkyl halides is 3. The predicted molar refractivity (Wildman–Crippen MR) is 77.3 cm³/mol. The standard InChI is InChI=1S/C15H15F3N4O2/c1-9-19-13(21-20-9)11-6-4-8-22(11)14(23)10-5-2-3-7-12(10)24-15(16,17)18/h2-3,5,7,11H,4,6,8H2,1H3,(H,19,20,21). The zero-order chi connectivity index (χ0) is 17.3. The number of nitrogens with one attached hydrogen (secondary N) is 1. The van der Waals surface area contributed by atoms with Gasteiger partial charge in [0.25, 0.3) is 5.91 Å². The van der Waals surface area contributed by atoms with Crippen molar-refractivity contribution in [1.29, 1.82) is 0 Å². The molecule has 0 spiro atoms. The summed E-state index contributed by atoms with van der Waals surface area (Å²) in [6, 6.07) is 4.97. The Morgan fingerprint density at radius 2 is 2.12 bits per heavy atom. The second kappa shape index (κ2) is 6.14. The molecule has 3 rings (SSSR count). The maximum absolute atomic E-state index is 12.8. The molecule has 1 aliphatic rings. The van der Waals surface area contributed by atoms with Gasteiger partial charge in [-0.3, -0.25) is 9.89 Å². The Morgan fingerprint density at radius 1 is 1.38 bits per heavy atom. The molecule has 24 heavy (non-hydrogen) atoms. The number of benzene rings is 1. The Labute approximate surface area is 135 Å². The molecular formula is C15H15F3N4O2. The second-order valence-corrected chi connectivity index (χ2v) is 5.48. The van der Waals surface area contributed by atoms with Crippen molar-refractivity contribution in [1.82, 2.24) is 20.1 Å². The smallest absolute Gasteiger partial charge is 0.405 e. The third kappa shape index (κ3) is 3.34. The number of halogens is 3. The lowest BCUT2D eigenvalue weighted by Gasteiger charge is -2.23. The molecule has 6 nitrogen and oxygen atoms in total. The number of likely N-dealkylation sites (tertiary alicyclic amines) is 1. The summed E-state index contributed by atoms with van der Waals surface area (Å²) in [7, 11) is 0. The number of aromatic amines is 1. The van der Waals surface area contributed by atoms with Crippen LogP contribution in [-0.2, 0) is 0 Å². The maximum Gasteiger partial charge on any atom is 0.573 e. The van der Waals surface area contributed by atoms with Crippen LogP contribution in [0.15, 0.2) is 24.3 Å². The lowest BCUT2D eigenvalue weighted by molar-refractivity contribution is -0.274. The van der Waals surface area contributed by atoms with Crippen molar-refractivity contribution in [2.24, 2.45) is 0 Å². The molecule has 1 unspecified atom stereocenters. The van der Waals surface area contributed by atoms with Crippen molar-refractivity contribution in [2.45, 2.75) is 32.2 Å². The average Bonchev–Trinajstić information content (AvgIpc) is 3.14. The van der Waals surface area contributed by atoms with E-state index in [9.17, 15) is 18.0 Å². The Kier molecular flexibility index (Phi) is 4.16. The Morgan fingerprint density at radius 3 is 2.79 bits per heavy atom. The Balaban J connectivity index is 1.88. The van der Waals surface area contributed by atoms with Gasteiger partial charge in [-0.25, -0.2) is 4.98 Å². The van der Waals surface area contributed by atoms with Crippen molar-refractivity contribution in [3.8, 4) is 5.75 Å². The number of hydrogen-bond donors (Lipinski definition) is 1. The first-order chi connectivity index (χ1) is 11.3. The number of nitrogens with zero attached hydrogens (tertiary/aromatic N) is 3. The highest BCUT2D eigenvalue weighted by Gasteiger charge is 2.37. The van der Waals surface area contributed by atoms with E-state index in [4.69, 9.17) is 0 Å². The minimum absolute atomic E-state index is 0.131. The van der Waals surface area contributed by atoms with E-state index in [-0.39, 0.29) is 11.6 Å². The van der Waals surface area contributed by atoms with Crippen LogP contribution in [0.4, 0.5) is 13.2 Å². The molecule has 1 saturated heterocycles. The normalized spacial score (nSPS) is 18.0. The van der Waals surface area contributed by atoms with Gasteiger partial charge in [-0.1, -0.05) is 12.1 Å². The fraction of sp³-hybridized carbons (Fsp3) is 0.400. The first kappa shape index (κ1) is 16.3. The largest absolute Gasteiger partial charge is 0.573 e. The van der Waals surface area contributed by atoms with E-state index in [1.807, 2.05) is 0 Å². The van der Waals surface area contributed by atoms with E-state index in [0.29, 0.717) is 24.6 Å². The minimum Gasteiger partial charge on any atom is -0.405 e. The zero-order valence-electron chi connectivity index (χ0n) is 12.8. The molecule has 0 saturated carbocycles. The molecule has 1 aliphatic heterocycles. The Bertz CT molecular complexity index is 744. The van der Waals surface area contributed by atoms with E-state index in [1.54, 1.807) is 6.92 Å². The van der Waals surface area contributed by atoms with Gasteiger partial charge in [0.2, 0.25) is 0 Å². The summed E-state index contributed by atoms with van der Waals surface area (Å²) < 4.78 is 41.6. The molecule has 1 atom stereocenters. The zero-order valence-corrected chi connectivity index (χ0v) is 12.8. The molecule has 0 radical (unpaired) electrons. The molecule has 9 heteroatoms. The molecule has 1 aromatic heterocycles. The summed E-state index contributed by atoms with van der Waals surface area (Å²) in [5.74, 6) is 0.0456. The van der Waals surface area contributed by atoms with Gasteiger partial charge in [0, 0.05) is 6.54 Å². The Hall–Kier alpha value is -2.58. The maximum atomic E-state index is 12.8. The van der Waals surface area contributed by atoms with E-state index >= 15 is 0 Å². The summed E-state index contributed by atoms with van der Waals surface area (Å²) in [6.07, 6.45) is -3.47. The van der Waals surface area contributed by atoms with Crippen LogP contribution < -0.4 is 4.74 Å². The van der Waals surface area contributed by atoms with Crippen LogP contribution in [0, 0.1) is 6.92 Å². The first-order valence-electron chi connectivity index (χ1n) is 7.40. The SMILES string of the molecule is Cc1nc(C2CCCN2C(=O)c2ccccc2OC(F)(F)F)n[nH]1. The summed E-state index contributed by atoms with van der Waals surface area (Å²) in [4.78, 5) is 18.5. The molecule has 128 valence electrons. The minimum atomic E-state index is -4.86.